The van der Waals surface area contributed by atoms with Gasteiger partial charge in [-0.2, -0.15) is 0 Å². The highest BCUT2D eigenvalue weighted by molar-refractivity contribution is 5.85. The highest BCUT2D eigenvalue weighted by Gasteiger charge is 2.22. The second-order valence-electron chi connectivity index (χ2n) is 4.65. The van der Waals surface area contributed by atoms with Crippen LogP contribution in [-0.4, -0.2) is 36.9 Å². The summed E-state index contributed by atoms with van der Waals surface area (Å²) in [4.78, 5) is 11.1. The van der Waals surface area contributed by atoms with E-state index < -0.39 is 18.1 Å². The van der Waals surface area contributed by atoms with Crippen LogP contribution in [0.5, 0.6) is 0 Å². The van der Waals surface area contributed by atoms with Gasteiger partial charge < -0.3 is 20.3 Å². The van der Waals surface area contributed by atoms with Crippen LogP contribution in [0.3, 0.4) is 0 Å². The molecule has 2 atom stereocenters. The number of esters is 1. The van der Waals surface area contributed by atoms with E-state index in [0.29, 0.717) is 19.6 Å². The fraction of sp³-hybridized carbons (Fsp3) is 0.533. The number of unbranched alkanes of at least 4 members (excludes halogenated alkanes) is 1. The lowest BCUT2D eigenvalue weighted by molar-refractivity contribution is -0.145. The summed E-state index contributed by atoms with van der Waals surface area (Å²) in [5.74, 6) is -0.585. The Morgan fingerprint density at radius 3 is 2.57 bits per heavy atom. The van der Waals surface area contributed by atoms with Crippen molar-refractivity contribution in [3.63, 3.8) is 0 Å². The zero-order valence-electron chi connectivity index (χ0n) is 12.2. The van der Waals surface area contributed by atoms with E-state index in [-0.39, 0.29) is 12.4 Å². The molecule has 0 bridgehead atoms. The smallest absolute Gasteiger partial charge is 0.325 e. The molecule has 0 radical (unpaired) electrons. The van der Waals surface area contributed by atoms with Crippen LogP contribution in [0.15, 0.2) is 30.3 Å². The Morgan fingerprint density at radius 2 is 1.95 bits per heavy atom. The number of hydrogen-bond donors (Lipinski definition) is 2. The molecule has 1 aromatic rings. The number of hydrogen-bond acceptors (Lipinski definition) is 5. The highest BCUT2D eigenvalue weighted by Crippen LogP contribution is 2.06. The number of halogens is 1. The Balaban J connectivity index is 0.00000400. The molecule has 120 valence electrons. The molecule has 3 N–H and O–H groups in total. The second-order valence-corrected chi connectivity index (χ2v) is 4.65. The van der Waals surface area contributed by atoms with E-state index in [1.165, 1.54) is 7.11 Å². The van der Waals surface area contributed by atoms with Gasteiger partial charge in [-0.25, -0.2) is 0 Å². The molecule has 0 unspecified atom stereocenters. The van der Waals surface area contributed by atoms with Crippen LogP contribution >= 0.6 is 12.4 Å². The lowest BCUT2D eigenvalue weighted by Gasteiger charge is -2.16. The maximum Gasteiger partial charge on any atom is 0.325 e. The minimum absolute atomic E-state index is 0. The van der Waals surface area contributed by atoms with Gasteiger partial charge in [-0.3, -0.25) is 4.79 Å². The molecule has 6 heteroatoms. The number of nitrogens with two attached hydrogens (primary N) is 1. The predicted octanol–water partition coefficient (Wildman–Crippen LogP) is 1.66. The van der Waals surface area contributed by atoms with Crippen molar-refractivity contribution in [1.82, 2.24) is 0 Å². The summed E-state index contributed by atoms with van der Waals surface area (Å²) in [6, 6.07) is 8.98. The molecule has 0 saturated heterocycles. The van der Waals surface area contributed by atoms with Crippen LogP contribution in [0, 0.1) is 0 Å². The first-order valence-corrected chi connectivity index (χ1v) is 6.78. The van der Waals surface area contributed by atoms with Crippen LogP contribution in [0.2, 0.25) is 0 Å². The van der Waals surface area contributed by atoms with Gasteiger partial charge in [0, 0.05) is 6.61 Å². The molecule has 0 aliphatic rings. The predicted molar refractivity (Wildman–Crippen MR) is 83.2 cm³/mol. The van der Waals surface area contributed by atoms with Crippen molar-refractivity contribution in [3.05, 3.63) is 35.9 Å². The maximum atomic E-state index is 11.1. The number of aliphatic hydroxyl groups is 1. The third kappa shape index (κ3) is 8.02. The van der Waals surface area contributed by atoms with Crippen molar-refractivity contribution >= 4 is 18.4 Å². The highest BCUT2D eigenvalue weighted by atomic mass is 35.5. The quantitative estimate of drug-likeness (QED) is 0.534. The van der Waals surface area contributed by atoms with Gasteiger partial charge >= 0.3 is 5.97 Å². The molecule has 0 heterocycles. The second kappa shape index (κ2) is 11.5. The average Bonchev–Trinajstić information content (AvgIpc) is 2.49. The minimum Gasteiger partial charge on any atom is -0.468 e. The van der Waals surface area contributed by atoms with Crippen LogP contribution in [-0.2, 0) is 20.9 Å². The SMILES string of the molecule is COC(=O)[C@@H](N)[C@@H](O)CCCCOCc1ccccc1.Cl. The molecular weight excluding hydrogens is 294 g/mol. The van der Waals surface area contributed by atoms with Gasteiger partial charge in [-0.1, -0.05) is 30.3 Å². The maximum absolute atomic E-state index is 11.1. The van der Waals surface area contributed by atoms with Crippen molar-refractivity contribution in [3.8, 4) is 0 Å². The number of benzene rings is 1. The summed E-state index contributed by atoms with van der Waals surface area (Å²) in [7, 11) is 1.26. The van der Waals surface area contributed by atoms with Crippen LogP contribution in [0.1, 0.15) is 24.8 Å². The van der Waals surface area contributed by atoms with Crippen molar-refractivity contribution in [1.29, 1.82) is 0 Å². The van der Waals surface area contributed by atoms with E-state index in [9.17, 15) is 9.90 Å². The van der Waals surface area contributed by atoms with Gasteiger partial charge in [0.1, 0.15) is 6.04 Å². The number of ether oxygens (including phenoxy) is 2. The normalized spacial score (nSPS) is 13.1. The van der Waals surface area contributed by atoms with Gasteiger partial charge in [-0.15, -0.1) is 12.4 Å². The molecule has 21 heavy (non-hydrogen) atoms. The zero-order chi connectivity index (χ0) is 14.8. The van der Waals surface area contributed by atoms with Gasteiger partial charge in [0.2, 0.25) is 0 Å². The minimum atomic E-state index is -0.967. The first kappa shape index (κ1) is 19.9. The molecule has 0 fully saturated rings. The Labute approximate surface area is 131 Å². The number of rotatable bonds is 9. The van der Waals surface area contributed by atoms with E-state index >= 15 is 0 Å². The molecule has 0 saturated carbocycles. The van der Waals surface area contributed by atoms with Crippen LogP contribution in [0.4, 0.5) is 0 Å². The number of methoxy groups -OCH3 is 1. The number of aliphatic hydroxyl groups excluding tert-OH is 1. The summed E-state index contributed by atoms with van der Waals surface area (Å²) >= 11 is 0. The van der Waals surface area contributed by atoms with Crippen molar-refractivity contribution < 1.29 is 19.4 Å². The topological polar surface area (TPSA) is 81.8 Å². The third-order valence-electron chi connectivity index (χ3n) is 3.04. The fourth-order valence-electron chi connectivity index (χ4n) is 1.79. The van der Waals surface area contributed by atoms with Gasteiger partial charge in [0.25, 0.3) is 0 Å². The van der Waals surface area contributed by atoms with Gasteiger partial charge in [0.05, 0.1) is 19.8 Å². The summed E-state index contributed by atoms with van der Waals surface area (Å²) in [6.45, 7) is 1.21. The van der Waals surface area contributed by atoms with E-state index in [2.05, 4.69) is 4.74 Å². The molecule has 1 aromatic carbocycles. The molecule has 0 spiro atoms. The Morgan fingerprint density at radius 1 is 1.29 bits per heavy atom. The lowest BCUT2D eigenvalue weighted by atomic mass is 10.1. The van der Waals surface area contributed by atoms with Crippen molar-refractivity contribution in [2.45, 2.75) is 38.0 Å². The first-order valence-electron chi connectivity index (χ1n) is 6.78. The lowest BCUT2D eigenvalue weighted by Crippen LogP contribution is -2.42. The monoisotopic (exact) mass is 317 g/mol. The molecule has 0 aliphatic carbocycles. The standard InChI is InChI=1S/C15H23NO4.ClH/c1-19-15(18)14(16)13(17)9-5-6-10-20-11-12-7-3-2-4-8-12;/h2-4,7-8,13-14,17H,5-6,9-11,16H2,1H3;1H/t13-,14-;/m0./s1. The fourth-order valence-corrected chi connectivity index (χ4v) is 1.79. The molecule has 0 aliphatic heterocycles. The largest absolute Gasteiger partial charge is 0.468 e. The summed E-state index contributed by atoms with van der Waals surface area (Å²) < 4.78 is 10.0. The van der Waals surface area contributed by atoms with Crippen molar-refractivity contribution in [2.24, 2.45) is 5.73 Å². The van der Waals surface area contributed by atoms with Crippen molar-refractivity contribution in [2.75, 3.05) is 13.7 Å². The molecular formula is C15H24ClNO4. The van der Waals surface area contributed by atoms with Crippen LogP contribution in [0.25, 0.3) is 0 Å². The van der Waals surface area contributed by atoms with E-state index in [0.717, 1.165) is 18.4 Å². The first-order chi connectivity index (χ1) is 9.65. The third-order valence-corrected chi connectivity index (χ3v) is 3.04. The van der Waals surface area contributed by atoms with Crippen LogP contribution < -0.4 is 5.73 Å². The Bertz CT molecular complexity index is 389. The zero-order valence-corrected chi connectivity index (χ0v) is 13.1. The average molecular weight is 318 g/mol. The molecule has 0 aromatic heterocycles. The Kier molecular flexibility index (Phi) is 10.9. The molecule has 5 nitrogen and oxygen atoms in total. The van der Waals surface area contributed by atoms with Gasteiger partial charge in [-0.05, 0) is 24.8 Å². The number of carbonyl (C=O) groups is 1. The van der Waals surface area contributed by atoms with E-state index in [1.54, 1.807) is 0 Å². The Hall–Kier alpha value is -1.14. The summed E-state index contributed by atoms with van der Waals surface area (Å²) in [6.07, 6.45) is 1.17. The molecule has 1 rings (SSSR count). The number of carbonyl (C=O) groups excluding carboxylic acids is 1. The summed E-state index contributed by atoms with van der Waals surface area (Å²) in [5.41, 5.74) is 6.67. The van der Waals surface area contributed by atoms with E-state index in [4.69, 9.17) is 10.5 Å². The van der Waals surface area contributed by atoms with E-state index in [1.807, 2.05) is 30.3 Å². The summed E-state index contributed by atoms with van der Waals surface area (Å²) in [5, 5.41) is 9.69. The molecule has 0 amide bonds. The van der Waals surface area contributed by atoms with Gasteiger partial charge in [0.15, 0.2) is 0 Å².